The van der Waals surface area contributed by atoms with Crippen LogP contribution in [0.15, 0.2) is 0 Å². The first kappa shape index (κ1) is 12.5. The van der Waals surface area contributed by atoms with Gasteiger partial charge in [0.25, 0.3) is 0 Å². The lowest BCUT2D eigenvalue weighted by molar-refractivity contribution is -0.128. The van der Waals surface area contributed by atoms with Crippen molar-refractivity contribution in [1.82, 2.24) is 9.80 Å². The largest absolute Gasteiger partial charge is 0.341 e. The van der Waals surface area contributed by atoms with Crippen LogP contribution < -0.4 is 5.73 Å². The van der Waals surface area contributed by atoms with Crippen LogP contribution in [0.5, 0.6) is 0 Å². The number of hydrogen-bond donors (Lipinski definition) is 1. The number of amides is 1. The van der Waals surface area contributed by atoms with Gasteiger partial charge in [0, 0.05) is 45.2 Å². The Labute approximate surface area is 92.4 Å². The zero-order chi connectivity index (χ0) is 11.4. The minimum atomic E-state index is 0.189. The van der Waals surface area contributed by atoms with Gasteiger partial charge in [0.2, 0.25) is 5.91 Å². The molecular weight excluding hydrogens is 190 g/mol. The fraction of sp³-hybridized carbons (Fsp3) is 0.909. The summed E-state index contributed by atoms with van der Waals surface area (Å²) in [5, 5.41) is 0. The van der Waals surface area contributed by atoms with Crippen molar-refractivity contribution in [3.05, 3.63) is 0 Å². The number of likely N-dealkylation sites (tertiary alicyclic amines) is 1. The van der Waals surface area contributed by atoms with E-state index in [1.165, 1.54) is 0 Å². The number of nitrogens with zero attached hydrogens (tertiary/aromatic N) is 2. The second-order valence-electron chi connectivity index (χ2n) is 4.53. The maximum absolute atomic E-state index is 11.2. The number of carbonyl (C=O) groups excluding carboxylic acids is 1. The van der Waals surface area contributed by atoms with E-state index in [0.717, 1.165) is 26.1 Å². The van der Waals surface area contributed by atoms with E-state index in [4.69, 9.17) is 5.73 Å². The van der Waals surface area contributed by atoms with Crippen molar-refractivity contribution in [2.75, 3.05) is 26.2 Å². The van der Waals surface area contributed by atoms with Crippen molar-refractivity contribution >= 4 is 5.91 Å². The fourth-order valence-corrected chi connectivity index (χ4v) is 2.31. The van der Waals surface area contributed by atoms with E-state index in [1.807, 2.05) is 4.90 Å². The van der Waals surface area contributed by atoms with Crippen molar-refractivity contribution in [3.8, 4) is 0 Å². The molecule has 1 heterocycles. The summed E-state index contributed by atoms with van der Waals surface area (Å²) in [6.45, 7) is 9.40. The van der Waals surface area contributed by atoms with Crippen LogP contribution in [0.1, 0.15) is 27.2 Å². The predicted molar refractivity (Wildman–Crippen MR) is 61.6 cm³/mol. The van der Waals surface area contributed by atoms with E-state index in [2.05, 4.69) is 18.7 Å². The lowest BCUT2D eigenvalue weighted by Crippen LogP contribution is -2.45. The molecule has 1 atom stereocenters. The molecule has 1 fully saturated rings. The molecule has 1 amide bonds. The highest BCUT2D eigenvalue weighted by Gasteiger charge is 2.29. The summed E-state index contributed by atoms with van der Waals surface area (Å²) in [6.07, 6.45) is 1.08. The van der Waals surface area contributed by atoms with Crippen molar-refractivity contribution in [3.63, 3.8) is 0 Å². The molecule has 0 aliphatic carbocycles. The average Bonchev–Trinajstić information content (AvgIpc) is 2.62. The van der Waals surface area contributed by atoms with Crippen molar-refractivity contribution in [1.29, 1.82) is 0 Å². The number of hydrogen-bond acceptors (Lipinski definition) is 3. The topological polar surface area (TPSA) is 49.6 Å². The molecule has 0 aromatic heterocycles. The Balaban J connectivity index is 2.52. The Morgan fingerprint density at radius 3 is 2.67 bits per heavy atom. The van der Waals surface area contributed by atoms with Gasteiger partial charge in [-0.05, 0) is 20.3 Å². The second kappa shape index (κ2) is 5.47. The Morgan fingerprint density at radius 1 is 1.60 bits per heavy atom. The van der Waals surface area contributed by atoms with Gasteiger partial charge in [-0.1, -0.05) is 0 Å². The molecule has 2 N–H and O–H groups in total. The van der Waals surface area contributed by atoms with Crippen LogP contribution in [-0.4, -0.2) is 54.0 Å². The minimum Gasteiger partial charge on any atom is -0.341 e. The quantitative estimate of drug-likeness (QED) is 0.729. The SMILES string of the molecule is CC(=O)N1CC[C@H](N(CCN)C(C)C)C1. The first-order valence-electron chi connectivity index (χ1n) is 5.77. The summed E-state index contributed by atoms with van der Waals surface area (Å²) < 4.78 is 0. The third-order valence-corrected chi connectivity index (χ3v) is 3.13. The van der Waals surface area contributed by atoms with E-state index in [9.17, 15) is 4.79 Å². The van der Waals surface area contributed by atoms with E-state index < -0.39 is 0 Å². The number of rotatable bonds is 4. The molecule has 0 saturated carbocycles. The van der Waals surface area contributed by atoms with Gasteiger partial charge in [-0.25, -0.2) is 0 Å². The van der Waals surface area contributed by atoms with Crippen LogP contribution in [0.2, 0.25) is 0 Å². The molecule has 15 heavy (non-hydrogen) atoms. The summed E-state index contributed by atoms with van der Waals surface area (Å²) in [5.41, 5.74) is 5.61. The van der Waals surface area contributed by atoms with Crippen molar-refractivity contribution in [2.24, 2.45) is 5.73 Å². The standard InChI is InChI=1S/C11H23N3O/c1-9(2)14(7-5-12)11-4-6-13(8-11)10(3)15/h9,11H,4-8,12H2,1-3H3/t11-/m0/s1. The van der Waals surface area contributed by atoms with Gasteiger partial charge < -0.3 is 10.6 Å². The van der Waals surface area contributed by atoms with Crippen LogP contribution >= 0.6 is 0 Å². The summed E-state index contributed by atoms with van der Waals surface area (Å²) >= 11 is 0. The number of carbonyl (C=O) groups is 1. The molecule has 4 nitrogen and oxygen atoms in total. The molecule has 0 radical (unpaired) electrons. The van der Waals surface area contributed by atoms with Crippen molar-refractivity contribution < 1.29 is 4.79 Å². The molecule has 4 heteroatoms. The minimum absolute atomic E-state index is 0.189. The van der Waals surface area contributed by atoms with Crippen LogP contribution in [0.4, 0.5) is 0 Å². The highest BCUT2D eigenvalue weighted by Crippen LogP contribution is 2.17. The van der Waals surface area contributed by atoms with Gasteiger partial charge in [-0.2, -0.15) is 0 Å². The summed E-state index contributed by atoms with van der Waals surface area (Å²) in [4.78, 5) is 15.6. The van der Waals surface area contributed by atoms with Crippen LogP contribution in [0.25, 0.3) is 0 Å². The Morgan fingerprint density at radius 2 is 2.27 bits per heavy atom. The first-order valence-corrected chi connectivity index (χ1v) is 5.77. The van der Waals surface area contributed by atoms with E-state index in [1.54, 1.807) is 6.92 Å². The smallest absolute Gasteiger partial charge is 0.219 e. The Kier molecular flexibility index (Phi) is 4.54. The maximum atomic E-state index is 11.2. The normalized spacial score (nSPS) is 21.7. The highest BCUT2D eigenvalue weighted by molar-refractivity contribution is 5.73. The van der Waals surface area contributed by atoms with E-state index in [0.29, 0.717) is 18.6 Å². The monoisotopic (exact) mass is 213 g/mol. The lowest BCUT2D eigenvalue weighted by atomic mass is 10.1. The van der Waals surface area contributed by atoms with E-state index in [-0.39, 0.29) is 5.91 Å². The van der Waals surface area contributed by atoms with Gasteiger partial charge in [-0.3, -0.25) is 9.69 Å². The average molecular weight is 213 g/mol. The van der Waals surface area contributed by atoms with Gasteiger partial charge in [-0.15, -0.1) is 0 Å². The highest BCUT2D eigenvalue weighted by atomic mass is 16.2. The molecule has 0 aromatic carbocycles. The summed E-state index contributed by atoms with van der Waals surface area (Å²) in [6, 6.07) is 1.00. The molecule has 0 spiro atoms. The molecule has 0 unspecified atom stereocenters. The summed E-state index contributed by atoms with van der Waals surface area (Å²) in [7, 11) is 0. The molecule has 1 aliphatic heterocycles. The van der Waals surface area contributed by atoms with Crippen molar-refractivity contribution in [2.45, 2.75) is 39.3 Å². The van der Waals surface area contributed by atoms with Gasteiger partial charge in [0.1, 0.15) is 0 Å². The molecular formula is C11H23N3O. The second-order valence-corrected chi connectivity index (χ2v) is 4.53. The van der Waals surface area contributed by atoms with Gasteiger partial charge in [0.05, 0.1) is 0 Å². The number of nitrogens with two attached hydrogens (primary N) is 1. The van der Waals surface area contributed by atoms with Gasteiger partial charge in [0.15, 0.2) is 0 Å². The van der Waals surface area contributed by atoms with Crippen LogP contribution in [0.3, 0.4) is 0 Å². The molecule has 1 saturated heterocycles. The van der Waals surface area contributed by atoms with Gasteiger partial charge >= 0.3 is 0 Å². The molecule has 1 aliphatic rings. The third-order valence-electron chi connectivity index (χ3n) is 3.13. The Hall–Kier alpha value is -0.610. The molecule has 0 aromatic rings. The Bertz CT molecular complexity index is 218. The summed E-state index contributed by atoms with van der Waals surface area (Å²) in [5.74, 6) is 0.189. The lowest BCUT2D eigenvalue weighted by Gasteiger charge is -2.32. The first-order chi connectivity index (χ1) is 7.06. The molecule has 1 rings (SSSR count). The van der Waals surface area contributed by atoms with E-state index >= 15 is 0 Å². The van der Waals surface area contributed by atoms with Crippen LogP contribution in [-0.2, 0) is 4.79 Å². The molecule has 0 bridgehead atoms. The van der Waals surface area contributed by atoms with Crippen LogP contribution in [0, 0.1) is 0 Å². The maximum Gasteiger partial charge on any atom is 0.219 e. The fourth-order valence-electron chi connectivity index (χ4n) is 2.31. The zero-order valence-corrected chi connectivity index (χ0v) is 10.1. The molecule has 88 valence electrons. The third kappa shape index (κ3) is 3.18. The zero-order valence-electron chi connectivity index (χ0n) is 10.1. The predicted octanol–water partition coefficient (Wildman–Crippen LogP) is 0.276.